The molecule has 2 aliphatic rings. The van der Waals surface area contributed by atoms with Crippen molar-refractivity contribution in [2.24, 2.45) is 5.92 Å². The standard InChI is InChI=1S/C15H20N2O2S/c1-2-12-11-6-8-20-13(11)5-7-17(12)15(19)10-3-4-14(18)16-9-10/h6,8,10,12H,2-5,7,9H2,1H3,(H,16,18)/t10-,12+/m0/s1. The van der Waals surface area contributed by atoms with Crippen LogP contribution >= 0.6 is 11.3 Å². The Morgan fingerprint density at radius 3 is 3.05 bits per heavy atom. The number of nitrogens with one attached hydrogen (secondary N) is 1. The summed E-state index contributed by atoms with van der Waals surface area (Å²) in [6.45, 7) is 3.46. The van der Waals surface area contributed by atoms with Crippen molar-refractivity contribution in [1.82, 2.24) is 10.2 Å². The molecule has 2 aliphatic heterocycles. The Labute approximate surface area is 123 Å². The molecule has 0 aliphatic carbocycles. The van der Waals surface area contributed by atoms with Gasteiger partial charge in [-0.25, -0.2) is 0 Å². The number of carbonyl (C=O) groups excluding carboxylic acids is 2. The average Bonchev–Trinajstić information content (AvgIpc) is 2.94. The lowest BCUT2D eigenvalue weighted by molar-refractivity contribution is -0.140. The molecule has 0 bridgehead atoms. The van der Waals surface area contributed by atoms with E-state index < -0.39 is 0 Å². The number of amides is 2. The van der Waals surface area contributed by atoms with Crippen LogP contribution in [0.25, 0.3) is 0 Å². The van der Waals surface area contributed by atoms with Crippen LogP contribution in [0, 0.1) is 5.92 Å². The first-order valence-corrected chi connectivity index (χ1v) is 8.22. The number of hydrogen-bond acceptors (Lipinski definition) is 3. The molecular weight excluding hydrogens is 272 g/mol. The van der Waals surface area contributed by atoms with Crippen molar-refractivity contribution in [3.05, 3.63) is 21.9 Å². The van der Waals surface area contributed by atoms with Crippen LogP contribution in [0.3, 0.4) is 0 Å². The molecule has 1 saturated heterocycles. The van der Waals surface area contributed by atoms with Crippen molar-refractivity contribution in [3.8, 4) is 0 Å². The number of nitrogens with zero attached hydrogens (tertiary/aromatic N) is 1. The predicted molar refractivity (Wildman–Crippen MR) is 78.5 cm³/mol. The van der Waals surface area contributed by atoms with E-state index in [0.29, 0.717) is 19.4 Å². The van der Waals surface area contributed by atoms with Gasteiger partial charge in [0.1, 0.15) is 0 Å². The summed E-state index contributed by atoms with van der Waals surface area (Å²) >= 11 is 1.80. The predicted octanol–water partition coefficient (Wildman–Crippen LogP) is 2.11. The first-order valence-electron chi connectivity index (χ1n) is 7.34. The van der Waals surface area contributed by atoms with Gasteiger partial charge in [-0.2, -0.15) is 0 Å². The monoisotopic (exact) mass is 292 g/mol. The molecular formula is C15H20N2O2S. The van der Waals surface area contributed by atoms with E-state index in [2.05, 4.69) is 23.7 Å². The second kappa shape index (κ2) is 5.56. The summed E-state index contributed by atoms with van der Waals surface area (Å²) in [7, 11) is 0. The van der Waals surface area contributed by atoms with Gasteiger partial charge in [0.15, 0.2) is 0 Å². The minimum atomic E-state index is -0.0399. The first kappa shape index (κ1) is 13.6. The summed E-state index contributed by atoms with van der Waals surface area (Å²) in [5.74, 6) is 0.246. The molecule has 0 aromatic carbocycles. The van der Waals surface area contributed by atoms with E-state index >= 15 is 0 Å². The van der Waals surface area contributed by atoms with Crippen LogP contribution in [0.15, 0.2) is 11.4 Å². The zero-order chi connectivity index (χ0) is 14.1. The minimum absolute atomic E-state index is 0.0399. The van der Waals surface area contributed by atoms with Gasteiger partial charge in [0.05, 0.1) is 12.0 Å². The van der Waals surface area contributed by atoms with E-state index in [1.807, 2.05) is 4.90 Å². The normalized spacial score (nSPS) is 26.1. The third-order valence-electron chi connectivity index (χ3n) is 4.38. The van der Waals surface area contributed by atoms with Gasteiger partial charge >= 0.3 is 0 Å². The maximum Gasteiger partial charge on any atom is 0.228 e. The lowest BCUT2D eigenvalue weighted by Crippen LogP contribution is -2.47. The Bertz CT molecular complexity index is 516. The van der Waals surface area contributed by atoms with E-state index in [0.717, 1.165) is 19.4 Å². The highest BCUT2D eigenvalue weighted by Crippen LogP contribution is 2.36. The summed E-state index contributed by atoms with van der Waals surface area (Å²) in [6, 6.07) is 2.38. The van der Waals surface area contributed by atoms with Gasteiger partial charge in [-0.3, -0.25) is 9.59 Å². The van der Waals surface area contributed by atoms with Crippen molar-refractivity contribution in [3.63, 3.8) is 0 Å². The number of piperidine rings is 1. The molecule has 1 aromatic heterocycles. The lowest BCUT2D eigenvalue weighted by Gasteiger charge is -2.38. The van der Waals surface area contributed by atoms with Crippen LogP contribution in [0.2, 0.25) is 0 Å². The van der Waals surface area contributed by atoms with E-state index in [1.54, 1.807) is 11.3 Å². The fourth-order valence-electron chi connectivity index (χ4n) is 3.28. The van der Waals surface area contributed by atoms with Gasteiger partial charge in [-0.05, 0) is 36.3 Å². The summed E-state index contributed by atoms with van der Waals surface area (Å²) < 4.78 is 0. The third kappa shape index (κ3) is 2.35. The van der Waals surface area contributed by atoms with E-state index in [-0.39, 0.29) is 23.8 Å². The van der Waals surface area contributed by atoms with Crippen molar-refractivity contribution >= 4 is 23.2 Å². The highest BCUT2D eigenvalue weighted by molar-refractivity contribution is 7.10. The molecule has 0 radical (unpaired) electrons. The van der Waals surface area contributed by atoms with Crippen LogP contribution < -0.4 is 5.32 Å². The molecule has 1 aromatic rings. The second-order valence-electron chi connectivity index (χ2n) is 5.54. The number of thiophene rings is 1. The Morgan fingerprint density at radius 1 is 1.50 bits per heavy atom. The van der Waals surface area contributed by atoms with Gasteiger partial charge in [-0.15, -0.1) is 11.3 Å². The highest BCUT2D eigenvalue weighted by Gasteiger charge is 2.35. The molecule has 3 heterocycles. The van der Waals surface area contributed by atoms with Gasteiger partial charge in [0, 0.05) is 24.4 Å². The molecule has 2 atom stereocenters. The molecule has 2 amide bonds. The quantitative estimate of drug-likeness (QED) is 0.907. The molecule has 1 fully saturated rings. The van der Waals surface area contributed by atoms with Gasteiger partial charge in [-0.1, -0.05) is 6.92 Å². The molecule has 0 spiro atoms. The van der Waals surface area contributed by atoms with Crippen LogP contribution in [0.1, 0.15) is 42.7 Å². The zero-order valence-electron chi connectivity index (χ0n) is 11.7. The van der Waals surface area contributed by atoms with Gasteiger partial charge in [0.25, 0.3) is 0 Å². The molecule has 20 heavy (non-hydrogen) atoms. The maximum absolute atomic E-state index is 12.7. The Morgan fingerprint density at radius 2 is 2.35 bits per heavy atom. The second-order valence-corrected chi connectivity index (χ2v) is 6.55. The van der Waals surface area contributed by atoms with Gasteiger partial charge in [0.2, 0.25) is 11.8 Å². The lowest BCUT2D eigenvalue weighted by atomic mass is 9.92. The van der Waals surface area contributed by atoms with E-state index in [1.165, 1.54) is 10.4 Å². The largest absolute Gasteiger partial charge is 0.355 e. The summed E-state index contributed by atoms with van der Waals surface area (Å²) in [5, 5.41) is 4.94. The summed E-state index contributed by atoms with van der Waals surface area (Å²) in [4.78, 5) is 27.4. The average molecular weight is 292 g/mol. The van der Waals surface area contributed by atoms with E-state index in [4.69, 9.17) is 0 Å². The summed E-state index contributed by atoms with van der Waals surface area (Å²) in [6.07, 6.45) is 3.09. The van der Waals surface area contributed by atoms with Crippen molar-refractivity contribution in [1.29, 1.82) is 0 Å². The Kier molecular flexibility index (Phi) is 3.78. The molecule has 4 nitrogen and oxygen atoms in total. The maximum atomic E-state index is 12.7. The molecule has 0 unspecified atom stereocenters. The smallest absolute Gasteiger partial charge is 0.228 e. The highest BCUT2D eigenvalue weighted by atomic mass is 32.1. The topological polar surface area (TPSA) is 49.4 Å². The van der Waals surface area contributed by atoms with E-state index in [9.17, 15) is 9.59 Å². The number of fused-ring (bicyclic) bond motifs is 1. The molecule has 108 valence electrons. The molecule has 1 N–H and O–H groups in total. The number of hydrogen-bond donors (Lipinski definition) is 1. The van der Waals surface area contributed by atoms with Crippen molar-refractivity contribution in [2.45, 2.75) is 38.6 Å². The molecule has 0 saturated carbocycles. The van der Waals surface area contributed by atoms with Crippen LogP contribution in [0.5, 0.6) is 0 Å². The van der Waals surface area contributed by atoms with Gasteiger partial charge < -0.3 is 10.2 Å². The third-order valence-corrected chi connectivity index (χ3v) is 5.38. The fraction of sp³-hybridized carbons (Fsp3) is 0.600. The Hall–Kier alpha value is -1.36. The van der Waals surface area contributed by atoms with Crippen LogP contribution in [0.4, 0.5) is 0 Å². The molecule has 3 rings (SSSR count). The molecule has 5 heteroatoms. The van der Waals surface area contributed by atoms with Crippen LogP contribution in [-0.4, -0.2) is 29.8 Å². The van der Waals surface area contributed by atoms with Crippen molar-refractivity contribution in [2.75, 3.05) is 13.1 Å². The number of rotatable bonds is 2. The number of carbonyl (C=O) groups is 2. The fourth-order valence-corrected chi connectivity index (χ4v) is 4.21. The minimum Gasteiger partial charge on any atom is -0.355 e. The summed E-state index contributed by atoms with van der Waals surface area (Å²) in [5.41, 5.74) is 1.33. The first-order chi connectivity index (χ1) is 9.70. The van der Waals surface area contributed by atoms with Crippen molar-refractivity contribution < 1.29 is 9.59 Å². The Balaban J connectivity index is 1.76. The van der Waals surface area contributed by atoms with Crippen LogP contribution in [-0.2, 0) is 16.0 Å². The SMILES string of the molecule is CC[C@@H]1c2ccsc2CCN1C(=O)[C@H]1CCC(=O)NC1. The zero-order valence-corrected chi connectivity index (χ0v) is 12.5.